The van der Waals surface area contributed by atoms with Crippen LogP contribution in [0.1, 0.15) is 58.8 Å². The van der Waals surface area contributed by atoms with Crippen molar-refractivity contribution in [1.82, 2.24) is 10.9 Å². The maximum atomic E-state index is 11.2. The number of carbonyl (C=O) groups is 2. The zero-order valence-corrected chi connectivity index (χ0v) is 9.77. The van der Waals surface area contributed by atoms with Crippen LogP contribution in [0, 0.1) is 0 Å². The van der Waals surface area contributed by atoms with Crippen LogP contribution in [0.5, 0.6) is 0 Å². The van der Waals surface area contributed by atoms with Gasteiger partial charge in [-0.25, -0.2) is 0 Å². The first kappa shape index (κ1) is 13.9. The summed E-state index contributed by atoms with van der Waals surface area (Å²) in [6, 6.07) is 0. The normalized spacial score (nSPS) is 9.73. The Morgan fingerprint density at radius 1 is 0.867 bits per heavy atom. The summed E-state index contributed by atoms with van der Waals surface area (Å²) in [4.78, 5) is 22.0. The van der Waals surface area contributed by atoms with Gasteiger partial charge in [0, 0.05) is 12.8 Å². The van der Waals surface area contributed by atoms with E-state index < -0.39 is 0 Å². The molecule has 0 fully saturated rings. The number of rotatable bonds is 7. The fourth-order valence-corrected chi connectivity index (χ4v) is 1.18. The molecule has 0 saturated heterocycles. The molecule has 0 aliphatic heterocycles. The summed E-state index contributed by atoms with van der Waals surface area (Å²) in [6.07, 6.45) is 6.49. The molecular weight excluding hydrogens is 192 g/mol. The van der Waals surface area contributed by atoms with E-state index in [2.05, 4.69) is 17.8 Å². The van der Waals surface area contributed by atoms with Crippen molar-refractivity contribution in [1.29, 1.82) is 0 Å². The van der Waals surface area contributed by atoms with E-state index in [0.717, 1.165) is 12.8 Å². The van der Waals surface area contributed by atoms with Crippen molar-refractivity contribution in [2.24, 2.45) is 0 Å². The lowest BCUT2D eigenvalue weighted by Crippen LogP contribution is -2.41. The quantitative estimate of drug-likeness (QED) is 0.502. The third kappa shape index (κ3) is 9.25. The maximum Gasteiger partial charge on any atom is 0.238 e. The number of hydrazine groups is 1. The van der Waals surface area contributed by atoms with Crippen molar-refractivity contribution < 1.29 is 9.59 Å². The van der Waals surface area contributed by atoms with Gasteiger partial charge in [-0.2, -0.15) is 0 Å². The van der Waals surface area contributed by atoms with E-state index in [9.17, 15) is 9.59 Å². The standard InChI is InChI=1S/C11H22N2O2/c1-3-5-6-7-8-9-11(15)13-12-10(14)4-2/h3-9H2,1-2H3,(H,12,14)(H,13,15). The van der Waals surface area contributed by atoms with Crippen molar-refractivity contribution in [2.75, 3.05) is 0 Å². The van der Waals surface area contributed by atoms with E-state index in [0.29, 0.717) is 12.8 Å². The predicted molar refractivity (Wildman–Crippen MR) is 60.0 cm³/mol. The molecule has 0 radical (unpaired) electrons. The molecule has 2 N–H and O–H groups in total. The van der Waals surface area contributed by atoms with Gasteiger partial charge in [0.25, 0.3) is 0 Å². The molecule has 0 spiro atoms. The number of carbonyl (C=O) groups excluding carboxylic acids is 2. The van der Waals surface area contributed by atoms with Gasteiger partial charge in [-0.3, -0.25) is 20.4 Å². The van der Waals surface area contributed by atoms with Crippen LogP contribution in [0.25, 0.3) is 0 Å². The zero-order chi connectivity index (χ0) is 11.5. The maximum absolute atomic E-state index is 11.2. The second-order valence-electron chi connectivity index (χ2n) is 3.61. The first-order valence-corrected chi connectivity index (χ1v) is 5.78. The van der Waals surface area contributed by atoms with Gasteiger partial charge in [-0.05, 0) is 6.42 Å². The molecule has 0 atom stereocenters. The van der Waals surface area contributed by atoms with Crippen molar-refractivity contribution in [3.8, 4) is 0 Å². The molecule has 0 heterocycles. The van der Waals surface area contributed by atoms with Gasteiger partial charge in [0.15, 0.2) is 0 Å². The molecule has 0 aromatic carbocycles. The monoisotopic (exact) mass is 214 g/mol. The summed E-state index contributed by atoms with van der Waals surface area (Å²) >= 11 is 0. The third-order valence-corrected chi connectivity index (χ3v) is 2.17. The Morgan fingerprint density at radius 3 is 2.07 bits per heavy atom. The smallest absolute Gasteiger partial charge is 0.238 e. The Balaban J connectivity index is 3.30. The highest BCUT2D eigenvalue weighted by atomic mass is 16.2. The summed E-state index contributed by atoms with van der Waals surface area (Å²) < 4.78 is 0. The highest BCUT2D eigenvalue weighted by molar-refractivity contribution is 5.81. The van der Waals surface area contributed by atoms with Crippen LogP contribution in [0.15, 0.2) is 0 Å². The molecule has 88 valence electrons. The van der Waals surface area contributed by atoms with Crippen LogP contribution in [0.4, 0.5) is 0 Å². The highest BCUT2D eigenvalue weighted by Gasteiger charge is 2.01. The fourth-order valence-electron chi connectivity index (χ4n) is 1.18. The molecule has 4 heteroatoms. The van der Waals surface area contributed by atoms with Gasteiger partial charge in [0.2, 0.25) is 11.8 Å². The van der Waals surface area contributed by atoms with Crippen molar-refractivity contribution >= 4 is 11.8 Å². The summed E-state index contributed by atoms with van der Waals surface area (Å²) in [5.41, 5.74) is 4.73. The molecule has 0 rings (SSSR count). The minimum Gasteiger partial charge on any atom is -0.273 e. The summed E-state index contributed by atoms with van der Waals surface area (Å²) in [6.45, 7) is 3.90. The lowest BCUT2D eigenvalue weighted by Gasteiger charge is -2.05. The first-order chi connectivity index (χ1) is 7.20. The average molecular weight is 214 g/mol. The molecule has 0 aromatic heterocycles. The van der Waals surface area contributed by atoms with E-state index in [1.54, 1.807) is 6.92 Å². The Bertz CT molecular complexity index is 193. The van der Waals surface area contributed by atoms with Gasteiger partial charge >= 0.3 is 0 Å². The van der Waals surface area contributed by atoms with Crippen LogP contribution in [0.3, 0.4) is 0 Å². The molecule has 15 heavy (non-hydrogen) atoms. The highest BCUT2D eigenvalue weighted by Crippen LogP contribution is 2.04. The Kier molecular flexibility index (Phi) is 8.82. The number of unbranched alkanes of at least 4 members (excludes halogenated alkanes) is 4. The summed E-state index contributed by atoms with van der Waals surface area (Å²) in [5.74, 6) is -0.261. The first-order valence-electron chi connectivity index (χ1n) is 5.78. The molecule has 4 nitrogen and oxygen atoms in total. The van der Waals surface area contributed by atoms with Crippen molar-refractivity contribution in [3.05, 3.63) is 0 Å². The van der Waals surface area contributed by atoms with Crippen LogP contribution < -0.4 is 10.9 Å². The summed E-state index contributed by atoms with van der Waals surface area (Å²) in [5, 5.41) is 0. The minimum atomic E-state index is -0.158. The Labute approximate surface area is 91.8 Å². The minimum absolute atomic E-state index is 0.103. The molecule has 0 aliphatic carbocycles. The molecule has 0 unspecified atom stereocenters. The molecule has 0 aliphatic rings. The Hall–Kier alpha value is -1.06. The van der Waals surface area contributed by atoms with E-state index in [1.165, 1.54) is 19.3 Å². The van der Waals surface area contributed by atoms with Crippen LogP contribution in [-0.2, 0) is 9.59 Å². The number of nitrogens with one attached hydrogen (secondary N) is 2. The van der Waals surface area contributed by atoms with E-state index in [1.807, 2.05) is 0 Å². The van der Waals surface area contributed by atoms with Crippen LogP contribution in [-0.4, -0.2) is 11.8 Å². The largest absolute Gasteiger partial charge is 0.273 e. The summed E-state index contributed by atoms with van der Waals surface area (Å²) in [7, 11) is 0. The fraction of sp³-hybridized carbons (Fsp3) is 0.818. The lowest BCUT2D eigenvalue weighted by atomic mass is 10.1. The molecule has 0 aromatic rings. The van der Waals surface area contributed by atoms with Gasteiger partial charge in [0.05, 0.1) is 0 Å². The number of hydrogen-bond donors (Lipinski definition) is 2. The van der Waals surface area contributed by atoms with Crippen molar-refractivity contribution in [3.63, 3.8) is 0 Å². The topological polar surface area (TPSA) is 58.2 Å². The molecule has 2 amide bonds. The third-order valence-electron chi connectivity index (χ3n) is 2.17. The van der Waals surface area contributed by atoms with Crippen LogP contribution >= 0.6 is 0 Å². The van der Waals surface area contributed by atoms with Gasteiger partial charge < -0.3 is 0 Å². The van der Waals surface area contributed by atoms with E-state index in [-0.39, 0.29) is 11.8 Å². The zero-order valence-electron chi connectivity index (χ0n) is 9.77. The SMILES string of the molecule is CCCCCCCC(=O)NNC(=O)CC. The second-order valence-corrected chi connectivity index (χ2v) is 3.61. The molecule has 0 saturated carbocycles. The van der Waals surface area contributed by atoms with Gasteiger partial charge in [-0.15, -0.1) is 0 Å². The van der Waals surface area contributed by atoms with E-state index >= 15 is 0 Å². The second kappa shape index (κ2) is 9.49. The number of hydrogen-bond acceptors (Lipinski definition) is 2. The Morgan fingerprint density at radius 2 is 1.47 bits per heavy atom. The average Bonchev–Trinajstić information content (AvgIpc) is 2.25. The molecule has 0 bridgehead atoms. The van der Waals surface area contributed by atoms with E-state index in [4.69, 9.17) is 0 Å². The number of amides is 2. The van der Waals surface area contributed by atoms with Crippen LogP contribution in [0.2, 0.25) is 0 Å². The molecular formula is C11H22N2O2. The van der Waals surface area contributed by atoms with Gasteiger partial charge in [0.1, 0.15) is 0 Å². The van der Waals surface area contributed by atoms with Crippen molar-refractivity contribution in [2.45, 2.75) is 58.8 Å². The van der Waals surface area contributed by atoms with Gasteiger partial charge in [-0.1, -0.05) is 39.5 Å². The lowest BCUT2D eigenvalue weighted by molar-refractivity contribution is -0.128. The predicted octanol–water partition coefficient (Wildman–Crippen LogP) is 1.90.